The van der Waals surface area contributed by atoms with Crippen LogP contribution in [-0.2, 0) is 17.8 Å². The Balaban J connectivity index is 1.48. The Morgan fingerprint density at radius 2 is 1.65 bits per heavy atom. The zero-order chi connectivity index (χ0) is 18.4. The first-order valence-electron chi connectivity index (χ1n) is 8.95. The molecule has 0 spiro atoms. The average Bonchev–Trinajstić information content (AvgIpc) is 2.69. The van der Waals surface area contributed by atoms with Crippen LogP contribution in [0.15, 0.2) is 54.6 Å². The van der Waals surface area contributed by atoms with Crippen LogP contribution in [0, 0.1) is 11.3 Å². The monoisotopic (exact) mass is 348 g/mol. The molecule has 2 N–H and O–H groups in total. The van der Waals surface area contributed by atoms with Gasteiger partial charge in [-0.3, -0.25) is 9.69 Å². The van der Waals surface area contributed by atoms with Gasteiger partial charge in [0.25, 0.3) is 0 Å². The maximum Gasteiger partial charge on any atom is 0.239 e. The minimum Gasteiger partial charge on any atom is -0.339 e. The largest absolute Gasteiger partial charge is 0.339 e. The molecule has 26 heavy (non-hydrogen) atoms. The molecule has 0 aromatic heterocycles. The molecule has 1 amide bonds. The van der Waals surface area contributed by atoms with E-state index in [0.29, 0.717) is 25.1 Å². The van der Waals surface area contributed by atoms with Crippen LogP contribution in [0.4, 0.5) is 0 Å². The molecule has 0 saturated carbocycles. The molecular formula is C21H24N4O. The van der Waals surface area contributed by atoms with Gasteiger partial charge in [0.2, 0.25) is 5.91 Å². The number of amides is 1. The van der Waals surface area contributed by atoms with E-state index in [0.717, 1.165) is 25.2 Å². The second kappa shape index (κ2) is 8.61. The third-order valence-electron chi connectivity index (χ3n) is 4.79. The fourth-order valence-corrected chi connectivity index (χ4v) is 3.26. The van der Waals surface area contributed by atoms with Crippen LogP contribution in [0.1, 0.15) is 16.7 Å². The van der Waals surface area contributed by atoms with Crippen LogP contribution in [0.25, 0.3) is 0 Å². The number of carbonyl (C=O) groups excluding carboxylic acids is 1. The van der Waals surface area contributed by atoms with E-state index in [1.165, 1.54) is 5.56 Å². The Kier molecular flexibility index (Phi) is 6.00. The Bertz CT molecular complexity index is 759. The van der Waals surface area contributed by atoms with Crippen molar-refractivity contribution in [1.29, 1.82) is 5.26 Å². The number of rotatable bonds is 5. The third kappa shape index (κ3) is 4.69. The lowest BCUT2D eigenvalue weighted by Gasteiger charge is -2.36. The summed E-state index contributed by atoms with van der Waals surface area (Å²) in [5.74, 6) is 0.0341. The highest BCUT2D eigenvalue weighted by atomic mass is 16.2. The van der Waals surface area contributed by atoms with E-state index in [-0.39, 0.29) is 5.91 Å². The van der Waals surface area contributed by atoms with Crippen LogP contribution >= 0.6 is 0 Å². The summed E-state index contributed by atoms with van der Waals surface area (Å²) in [5.41, 5.74) is 9.09. The zero-order valence-corrected chi connectivity index (χ0v) is 14.8. The van der Waals surface area contributed by atoms with Gasteiger partial charge in [-0.05, 0) is 29.7 Å². The van der Waals surface area contributed by atoms with E-state index in [9.17, 15) is 4.79 Å². The van der Waals surface area contributed by atoms with Gasteiger partial charge in [-0.2, -0.15) is 5.26 Å². The molecule has 1 aliphatic rings. The molecule has 0 radical (unpaired) electrons. The van der Waals surface area contributed by atoms with Crippen molar-refractivity contribution in [3.05, 3.63) is 71.3 Å². The summed E-state index contributed by atoms with van der Waals surface area (Å²) < 4.78 is 0. The third-order valence-corrected chi connectivity index (χ3v) is 4.79. The summed E-state index contributed by atoms with van der Waals surface area (Å²) in [4.78, 5) is 16.8. The minimum absolute atomic E-state index is 0.0341. The summed E-state index contributed by atoms with van der Waals surface area (Å²) in [7, 11) is 0. The number of nitrogens with two attached hydrogens (primary N) is 1. The topological polar surface area (TPSA) is 73.4 Å². The first-order valence-corrected chi connectivity index (χ1v) is 8.95. The number of piperazine rings is 1. The quantitative estimate of drug-likeness (QED) is 0.894. The van der Waals surface area contributed by atoms with Crippen molar-refractivity contribution < 1.29 is 4.79 Å². The molecular weight excluding hydrogens is 324 g/mol. The maximum absolute atomic E-state index is 12.6. The van der Waals surface area contributed by atoms with Gasteiger partial charge in [0.1, 0.15) is 0 Å². The molecule has 0 bridgehead atoms. The van der Waals surface area contributed by atoms with Crippen LogP contribution < -0.4 is 5.73 Å². The molecule has 5 nitrogen and oxygen atoms in total. The fourth-order valence-electron chi connectivity index (χ4n) is 3.26. The van der Waals surface area contributed by atoms with Crippen LogP contribution in [-0.4, -0.2) is 47.9 Å². The highest BCUT2D eigenvalue weighted by molar-refractivity contribution is 5.82. The van der Waals surface area contributed by atoms with Gasteiger partial charge < -0.3 is 10.6 Å². The number of hydrogen-bond acceptors (Lipinski definition) is 4. The SMILES string of the molecule is N#Cc1ccc(CN2CCN(C(=O)C(N)Cc3ccccc3)CC2)cc1. The predicted octanol–water partition coefficient (Wildman–Crippen LogP) is 1.77. The molecule has 1 unspecified atom stereocenters. The van der Waals surface area contributed by atoms with E-state index < -0.39 is 6.04 Å². The number of nitrogens with zero attached hydrogens (tertiary/aromatic N) is 3. The first-order chi connectivity index (χ1) is 12.7. The molecule has 1 fully saturated rings. The van der Waals surface area contributed by atoms with Gasteiger partial charge in [-0.1, -0.05) is 42.5 Å². The predicted molar refractivity (Wildman–Crippen MR) is 101 cm³/mol. The van der Waals surface area contributed by atoms with Crippen molar-refractivity contribution in [3.8, 4) is 6.07 Å². The van der Waals surface area contributed by atoms with Gasteiger partial charge >= 0.3 is 0 Å². The summed E-state index contributed by atoms with van der Waals surface area (Å²) in [6.45, 7) is 3.92. The summed E-state index contributed by atoms with van der Waals surface area (Å²) >= 11 is 0. The van der Waals surface area contributed by atoms with Crippen molar-refractivity contribution in [2.75, 3.05) is 26.2 Å². The molecule has 134 valence electrons. The lowest BCUT2D eigenvalue weighted by atomic mass is 10.1. The first kappa shape index (κ1) is 18.1. The average molecular weight is 348 g/mol. The molecule has 3 rings (SSSR count). The van der Waals surface area contributed by atoms with E-state index in [1.807, 2.05) is 59.5 Å². The van der Waals surface area contributed by atoms with Crippen molar-refractivity contribution in [2.24, 2.45) is 5.73 Å². The molecule has 1 heterocycles. The second-order valence-corrected chi connectivity index (χ2v) is 6.71. The maximum atomic E-state index is 12.6. The Morgan fingerprint density at radius 3 is 2.27 bits per heavy atom. The molecule has 2 aromatic carbocycles. The molecule has 1 aliphatic heterocycles. The highest BCUT2D eigenvalue weighted by Gasteiger charge is 2.25. The lowest BCUT2D eigenvalue weighted by Crippen LogP contribution is -2.53. The highest BCUT2D eigenvalue weighted by Crippen LogP contribution is 2.11. The molecule has 1 atom stereocenters. The van der Waals surface area contributed by atoms with Gasteiger partial charge in [0.05, 0.1) is 17.7 Å². The van der Waals surface area contributed by atoms with Crippen molar-refractivity contribution in [1.82, 2.24) is 9.80 Å². The van der Waals surface area contributed by atoms with Crippen LogP contribution in [0.3, 0.4) is 0 Å². The van der Waals surface area contributed by atoms with Crippen LogP contribution in [0.2, 0.25) is 0 Å². The van der Waals surface area contributed by atoms with E-state index >= 15 is 0 Å². The van der Waals surface area contributed by atoms with Gasteiger partial charge in [0, 0.05) is 32.7 Å². The van der Waals surface area contributed by atoms with E-state index in [2.05, 4.69) is 11.0 Å². The smallest absolute Gasteiger partial charge is 0.239 e. The van der Waals surface area contributed by atoms with Gasteiger partial charge in [-0.15, -0.1) is 0 Å². The van der Waals surface area contributed by atoms with Crippen molar-refractivity contribution in [2.45, 2.75) is 19.0 Å². The Morgan fingerprint density at radius 1 is 1.00 bits per heavy atom. The van der Waals surface area contributed by atoms with Gasteiger partial charge in [0.15, 0.2) is 0 Å². The molecule has 1 saturated heterocycles. The Labute approximate surface area is 154 Å². The number of benzene rings is 2. The zero-order valence-electron chi connectivity index (χ0n) is 14.8. The normalized spacial score (nSPS) is 16.1. The number of carbonyl (C=O) groups is 1. The second-order valence-electron chi connectivity index (χ2n) is 6.71. The number of nitriles is 1. The van der Waals surface area contributed by atoms with Crippen molar-refractivity contribution >= 4 is 5.91 Å². The van der Waals surface area contributed by atoms with Gasteiger partial charge in [-0.25, -0.2) is 0 Å². The van der Waals surface area contributed by atoms with E-state index in [1.54, 1.807) is 0 Å². The molecule has 2 aromatic rings. The fraction of sp³-hybridized carbons (Fsp3) is 0.333. The molecule has 5 heteroatoms. The standard InChI is InChI=1S/C21H24N4O/c22-15-18-6-8-19(9-7-18)16-24-10-12-25(13-11-24)21(26)20(23)14-17-4-2-1-3-5-17/h1-9,20H,10-14,16,23H2. The summed E-state index contributed by atoms with van der Waals surface area (Å²) in [6, 6.07) is 19.2. The van der Waals surface area contributed by atoms with E-state index in [4.69, 9.17) is 11.0 Å². The van der Waals surface area contributed by atoms with Crippen LogP contribution in [0.5, 0.6) is 0 Å². The molecule has 0 aliphatic carbocycles. The summed E-state index contributed by atoms with van der Waals surface area (Å²) in [5, 5.41) is 8.86. The Hall–Kier alpha value is -2.68. The number of hydrogen-bond donors (Lipinski definition) is 1. The lowest BCUT2D eigenvalue weighted by molar-refractivity contribution is -0.134. The van der Waals surface area contributed by atoms with Crippen molar-refractivity contribution in [3.63, 3.8) is 0 Å². The summed E-state index contributed by atoms with van der Waals surface area (Å²) in [6.07, 6.45) is 0.575. The minimum atomic E-state index is -0.484.